The highest BCUT2D eigenvalue weighted by Gasteiger charge is 2.23. The third kappa shape index (κ3) is 5.25. The van der Waals surface area contributed by atoms with Crippen molar-refractivity contribution in [3.05, 3.63) is 36.2 Å². The van der Waals surface area contributed by atoms with Gasteiger partial charge in [-0.2, -0.15) is 0 Å². The third-order valence-corrected chi connectivity index (χ3v) is 6.10. The van der Waals surface area contributed by atoms with E-state index < -0.39 is 0 Å². The van der Waals surface area contributed by atoms with Crippen molar-refractivity contribution in [2.45, 2.75) is 56.8 Å². The fraction of sp³-hybridized carbons (Fsp3) is 0.550. The molecule has 1 heterocycles. The number of hydrogen-bond acceptors (Lipinski definition) is 5. The maximum absolute atomic E-state index is 12.3. The Balaban J connectivity index is 1.53. The molecular weight excluding hydrogens is 360 g/mol. The van der Waals surface area contributed by atoms with Gasteiger partial charge in [-0.25, -0.2) is 0 Å². The number of thioether (sulfide) groups is 1. The van der Waals surface area contributed by atoms with Crippen molar-refractivity contribution in [3.8, 4) is 5.75 Å². The molecule has 1 amide bonds. The molecule has 0 unspecified atom stereocenters. The topological polar surface area (TPSA) is 69.0 Å². The summed E-state index contributed by atoms with van der Waals surface area (Å²) in [6.07, 6.45) is 4.53. The number of nitrogens with one attached hydrogen (secondary N) is 1. The van der Waals surface area contributed by atoms with Gasteiger partial charge < -0.3 is 14.6 Å². The van der Waals surface area contributed by atoms with Crippen molar-refractivity contribution < 1.29 is 9.53 Å². The zero-order valence-electron chi connectivity index (χ0n) is 16.2. The Kier molecular flexibility index (Phi) is 6.77. The molecule has 2 aromatic rings. The molecule has 3 rings (SSSR count). The maximum Gasteiger partial charge on any atom is 0.230 e. The smallest absolute Gasteiger partial charge is 0.230 e. The highest BCUT2D eigenvalue weighted by atomic mass is 32.2. The molecule has 0 spiro atoms. The summed E-state index contributed by atoms with van der Waals surface area (Å²) >= 11 is 1.41. The standard InChI is InChI=1S/C20H28N4O2S/c1-14-9-7-8-12-17(14)21-18(25)13-27-20-23-22-19(24(20)3)15(2)26-16-10-5-4-6-11-16/h4-6,10-11,14-15,17H,7-9,12-13H2,1-3H3,(H,21,25)/t14-,15-,17+/m0/s1. The number of carbonyl (C=O) groups excluding carboxylic acids is 1. The Hall–Kier alpha value is -2.02. The minimum atomic E-state index is -0.226. The molecule has 1 aliphatic carbocycles. The van der Waals surface area contributed by atoms with E-state index in [2.05, 4.69) is 22.4 Å². The van der Waals surface area contributed by atoms with E-state index in [0.717, 1.165) is 23.2 Å². The number of benzene rings is 1. The van der Waals surface area contributed by atoms with Crippen LogP contribution in [0.5, 0.6) is 5.75 Å². The van der Waals surface area contributed by atoms with Gasteiger partial charge in [-0.05, 0) is 37.8 Å². The van der Waals surface area contributed by atoms with Gasteiger partial charge in [0, 0.05) is 13.1 Å². The molecule has 1 N–H and O–H groups in total. The molecule has 6 nitrogen and oxygen atoms in total. The molecule has 1 aromatic carbocycles. The van der Waals surface area contributed by atoms with Crippen LogP contribution in [0.25, 0.3) is 0 Å². The molecule has 0 aliphatic heterocycles. The number of para-hydroxylation sites is 1. The fourth-order valence-electron chi connectivity index (χ4n) is 3.47. The quantitative estimate of drug-likeness (QED) is 0.732. The second-order valence-corrected chi connectivity index (χ2v) is 8.14. The summed E-state index contributed by atoms with van der Waals surface area (Å²) in [6, 6.07) is 9.96. The lowest BCUT2D eigenvalue weighted by molar-refractivity contribution is -0.119. The van der Waals surface area contributed by atoms with E-state index in [9.17, 15) is 4.79 Å². The van der Waals surface area contributed by atoms with E-state index in [1.807, 2.05) is 48.9 Å². The molecule has 27 heavy (non-hydrogen) atoms. The molecule has 1 aromatic heterocycles. The van der Waals surface area contributed by atoms with Crippen molar-refractivity contribution in [3.63, 3.8) is 0 Å². The number of hydrogen-bond donors (Lipinski definition) is 1. The highest BCUT2D eigenvalue weighted by Crippen LogP contribution is 2.25. The van der Waals surface area contributed by atoms with Crippen molar-refractivity contribution in [2.75, 3.05) is 5.75 Å². The first kappa shape index (κ1) is 19.7. The van der Waals surface area contributed by atoms with E-state index in [-0.39, 0.29) is 12.0 Å². The first-order valence-electron chi connectivity index (χ1n) is 9.57. The van der Waals surface area contributed by atoms with Gasteiger partial charge in [0.25, 0.3) is 0 Å². The summed E-state index contributed by atoms with van der Waals surface area (Å²) in [7, 11) is 1.91. The Morgan fingerprint density at radius 2 is 2.04 bits per heavy atom. The van der Waals surface area contributed by atoms with Gasteiger partial charge in [0.15, 0.2) is 17.1 Å². The monoisotopic (exact) mass is 388 g/mol. The average molecular weight is 389 g/mol. The van der Waals surface area contributed by atoms with Crippen LogP contribution in [0.3, 0.4) is 0 Å². The molecule has 0 saturated heterocycles. The normalized spacial score (nSPS) is 20.9. The van der Waals surface area contributed by atoms with Crippen LogP contribution < -0.4 is 10.1 Å². The van der Waals surface area contributed by atoms with Crippen LogP contribution in [0.4, 0.5) is 0 Å². The highest BCUT2D eigenvalue weighted by molar-refractivity contribution is 7.99. The molecule has 3 atom stereocenters. The zero-order valence-corrected chi connectivity index (χ0v) is 17.0. The van der Waals surface area contributed by atoms with Crippen molar-refractivity contribution >= 4 is 17.7 Å². The predicted molar refractivity (Wildman–Crippen MR) is 107 cm³/mol. The Labute approximate surface area is 165 Å². The third-order valence-electron chi connectivity index (χ3n) is 5.08. The summed E-state index contributed by atoms with van der Waals surface area (Å²) in [5, 5.41) is 12.4. The van der Waals surface area contributed by atoms with E-state index in [4.69, 9.17) is 4.74 Å². The summed E-state index contributed by atoms with van der Waals surface area (Å²) < 4.78 is 7.82. The molecule has 0 bridgehead atoms. The first-order chi connectivity index (χ1) is 13.0. The molecule has 146 valence electrons. The van der Waals surface area contributed by atoms with Crippen LogP contribution in [0.15, 0.2) is 35.5 Å². The predicted octanol–water partition coefficient (Wildman–Crippen LogP) is 3.74. The summed E-state index contributed by atoms with van der Waals surface area (Å²) in [4.78, 5) is 12.3. The molecular formula is C20H28N4O2S. The number of aromatic nitrogens is 3. The minimum Gasteiger partial charge on any atom is -0.483 e. The number of amides is 1. The zero-order chi connectivity index (χ0) is 19.2. The second-order valence-electron chi connectivity index (χ2n) is 7.20. The van der Waals surface area contributed by atoms with E-state index in [1.54, 1.807) is 0 Å². The summed E-state index contributed by atoms with van der Waals surface area (Å²) in [5.41, 5.74) is 0. The second kappa shape index (κ2) is 9.26. The number of ether oxygens (including phenoxy) is 1. The van der Waals surface area contributed by atoms with Gasteiger partial charge in [0.1, 0.15) is 5.75 Å². The Bertz CT molecular complexity index is 750. The van der Waals surface area contributed by atoms with Gasteiger partial charge in [-0.3, -0.25) is 4.79 Å². The van der Waals surface area contributed by atoms with Gasteiger partial charge in [-0.15, -0.1) is 10.2 Å². The molecule has 0 radical (unpaired) electrons. The molecule has 1 saturated carbocycles. The lowest BCUT2D eigenvalue weighted by Crippen LogP contribution is -2.41. The Morgan fingerprint density at radius 3 is 2.78 bits per heavy atom. The van der Waals surface area contributed by atoms with Gasteiger partial charge in [0.05, 0.1) is 5.75 Å². The maximum atomic E-state index is 12.3. The lowest BCUT2D eigenvalue weighted by Gasteiger charge is -2.29. The van der Waals surface area contributed by atoms with Crippen LogP contribution in [-0.2, 0) is 11.8 Å². The van der Waals surface area contributed by atoms with Crippen LogP contribution in [0.2, 0.25) is 0 Å². The van der Waals surface area contributed by atoms with Gasteiger partial charge >= 0.3 is 0 Å². The average Bonchev–Trinajstić information content (AvgIpc) is 3.03. The number of nitrogens with zero attached hydrogens (tertiary/aromatic N) is 3. The van der Waals surface area contributed by atoms with E-state index in [1.165, 1.54) is 31.0 Å². The summed E-state index contributed by atoms with van der Waals surface area (Å²) in [5.74, 6) is 2.51. The minimum absolute atomic E-state index is 0.0666. The fourth-order valence-corrected chi connectivity index (χ4v) is 4.20. The van der Waals surface area contributed by atoms with Crippen LogP contribution in [-0.4, -0.2) is 32.5 Å². The number of carbonyl (C=O) groups is 1. The largest absolute Gasteiger partial charge is 0.483 e. The Morgan fingerprint density at radius 1 is 1.30 bits per heavy atom. The van der Waals surface area contributed by atoms with Crippen molar-refractivity contribution in [1.29, 1.82) is 0 Å². The van der Waals surface area contributed by atoms with Crippen LogP contribution in [0, 0.1) is 5.92 Å². The lowest BCUT2D eigenvalue weighted by atomic mass is 9.86. The van der Waals surface area contributed by atoms with E-state index >= 15 is 0 Å². The number of rotatable bonds is 7. The molecule has 7 heteroatoms. The van der Waals surface area contributed by atoms with Gasteiger partial charge in [-0.1, -0.05) is 49.7 Å². The van der Waals surface area contributed by atoms with Gasteiger partial charge in [0.2, 0.25) is 5.91 Å². The van der Waals surface area contributed by atoms with Crippen molar-refractivity contribution in [1.82, 2.24) is 20.1 Å². The van der Waals surface area contributed by atoms with Crippen LogP contribution in [0.1, 0.15) is 51.5 Å². The summed E-state index contributed by atoms with van der Waals surface area (Å²) in [6.45, 7) is 4.17. The molecule has 1 fully saturated rings. The first-order valence-corrected chi connectivity index (χ1v) is 10.6. The van der Waals surface area contributed by atoms with E-state index in [0.29, 0.717) is 17.7 Å². The SMILES string of the molecule is C[C@H](Oc1ccccc1)c1nnc(SCC(=O)N[C@@H]2CCCC[C@@H]2C)n1C. The molecule has 1 aliphatic rings. The van der Waals surface area contributed by atoms with Crippen LogP contribution >= 0.6 is 11.8 Å². The van der Waals surface area contributed by atoms with Crippen molar-refractivity contribution in [2.24, 2.45) is 13.0 Å².